The number of carbonyl (C=O) groups excluding carboxylic acids is 2. The lowest BCUT2D eigenvalue weighted by atomic mass is 10.2. The number of hydrogen-bond donors (Lipinski definition) is 1. The fraction of sp³-hybridized carbons (Fsp3) is 0.263. The number of rotatable bonds is 6. The van der Waals surface area contributed by atoms with Crippen LogP contribution < -0.4 is 19.7 Å². The van der Waals surface area contributed by atoms with Gasteiger partial charge in [-0.1, -0.05) is 6.07 Å². The first-order valence-electron chi connectivity index (χ1n) is 8.28. The molecule has 2 aromatic carbocycles. The number of halogens is 2. The van der Waals surface area contributed by atoms with Crippen LogP contribution in [0.4, 0.5) is 14.5 Å². The molecule has 0 aliphatic carbocycles. The van der Waals surface area contributed by atoms with Gasteiger partial charge in [0.05, 0.1) is 13.2 Å². The van der Waals surface area contributed by atoms with Crippen LogP contribution in [0, 0.1) is 11.6 Å². The molecule has 8 heteroatoms. The van der Waals surface area contributed by atoms with Crippen molar-refractivity contribution in [1.82, 2.24) is 5.32 Å². The Hall–Kier alpha value is -3.16. The summed E-state index contributed by atoms with van der Waals surface area (Å²) in [4.78, 5) is 25.8. The van der Waals surface area contributed by atoms with E-state index in [2.05, 4.69) is 5.32 Å². The SMILES string of the molecule is COc1cccc(N2C[C@@H](NC(=O)COc3ccc(F)cc3F)CC2=O)c1. The van der Waals surface area contributed by atoms with Crippen LogP contribution in [0.1, 0.15) is 6.42 Å². The number of nitrogens with zero attached hydrogens (tertiary/aromatic N) is 1. The van der Waals surface area contributed by atoms with Gasteiger partial charge in [0.15, 0.2) is 18.2 Å². The number of hydrogen-bond acceptors (Lipinski definition) is 4. The number of nitrogens with one attached hydrogen (secondary N) is 1. The van der Waals surface area contributed by atoms with Crippen LogP contribution in [-0.2, 0) is 9.59 Å². The molecule has 0 unspecified atom stereocenters. The summed E-state index contributed by atoms with van der Waals surface area (Å²) in [7, 11) is 1.54. The Morgan fingerprint density at radius 1 is 1.26 bits per heavy atom. The Morgan fingerprint density at radius 3 is 2.81 bits per heavy atom. The monoisotopic (exact) mass is 376 g/mol. The highest BCUT2D eigenvalue weighted by Gasteiger charge is 2.31. The fourth-order valence-electron chi connectivity index (χ4n) is 2.84. The molecule has 1 aliphatic rings. The summed E-state index contributed by atoms with van der Waals surface area (Å²) in [5.41, 5.74) is 0.681. The van der Waals surface area contributed by atoms with Crippen molar-refractivity contribution in [3.63, 3.8) is 0 Å². The van der Waals surface area contributed by atoms with Crippen LogP contribution in [0.2, 0.25) is 0 Å². The third kappa shape index (κ3) is 4.52. The second-order valence-electron chi connectivity index (χ2n) is 6.04. The second kappa shape index (κ2) is 8.03. The van der Waals surface area contributed by atoms with Gasteiger partial charge in [-0.15, -0.1) is 0 Å². The number of amides is 2. The first-order chi connectivity index (χ1) is 13.0. The Labute approximate surface area is 154 Å². The molecule has 0 aromatic heterocycles. The molecule has 1 N–H and O–H groups in total. The molecule has 0 radical (unpaired) electrons. The van der Waals surface area contributed by atoms with E-state index in [9.17, 15) is 18.4 Å². The third-order valence-electron chi connectivity index (χ3n) is 4.11. The minimum Gasteiger partial charge on any atom is -0.497 e. The average Bonchev–Trinajstić information content (AvgIpc) is 3.01. The van der Waals surface area contributed by atoms with Gasteiger partial charge in [-0.3, -0.25) is 9.59 Å². The van der Waals surface area contributed by atoms with Gasteiger partial charge in [-0.05, 0) is 24.3 Å². The maximum atomic E-state index is 13.5. The van der Waals surface area contributed by atoms with Gasteiger partial charge >= 0.3 is 0 Å². The molecule has 27 heavy (non-hydrogen) atoms. The summed E-state index contributed by atoms with van der Waals surface area (Å²) in [6.45, 7) is -0.130. The minimum absolute atomic E-state index is 0.126. The number of methoxy groups -OCH3 is 1. The molecule has 1 aliphatic heterocycles. The summed E-state index contributed by atoms with van der Waals surface area (Å²) >= 11 is 0. The summed E-state index contributed by atoms with van der Waals surface area (Å²) in [5, 5.41) is 2.68. The van der Waals surface area contributed by atoms with Crippen molar-refractivity contribution in [3.05, 3.63) is 54.1 Å². The topological polar surface area (TPSA) is 67.9 Å². The van der Waals surface area contributed by atoms with E-state index in [0.717, 1.165) is 12.1 Å². The Bertz CT molecular complexity index is 859. The standard InChI is InChI=1S/C19H18F2N2O4/c1-26-15-4-2-3-14(9-15)23-10-13(8-19(23)25)22-18(24)11-27-17-6-5-12(20)7-16(17)21/h2-7,9,13H,8,10-11H2,1H3,(H,22,24)/t13-/m0/s1. The van der Waals surface area contributed by atoms with Gasteiger partial charge in [0.25, 0.3) is 5.91 Å². The van der Waals surface area contributed by atoms with E-state index in [-0.39, 0.29) is 18.1 Å². The van der Waals surface area contributed by atoms with Crippen LogP contribution >= 0.6 is 0 Å². The fourth-order valence-corrected chi connectivity index (χ4v) is 2.84. The van der Waals surface area contributed by atoms with Crippen LogP contribution in [0.15, 0.2) is 42.5 Å². The molecule has 1 saturated heterocycles. The molecule has 3 rings (SSSR count). The van der Waals surface area contributed by atoms with Gasteiger partial charge in [-0.2, -0.15) is 0 Å². The zero-order chi connectivity index (χ0) is 19.4. The van der Waals surface area contributed by atoms with Crippen molar-refractivity contribution in [2.24, 2.45) is 0 Å². The van der Waals surface area contributed by atoms with Gasteiger partial charge in [0, 0.05) is 30.8 Å². The van der Waals surface area contributed by atoms with Gasteiger partial charge in [-0.25, -0.2) is 8.78 Å². The molecular formula is C19H18F2N2O4. The summed E-state index contributed by atoms with van der Waals surface area (Å²) in [6, 6.07) is 9.51. The molecule has 0 bridgehead atoms. The van der Waals surface area contributed by atoms with E-state index in [1.165, 1.54) is 7.11 Å². The van der Waals surface area contributed by atoms with Gasteiger partial charge < -0.3 is 19.7 Å². The van der Waals surface area contributed by atoms with E-state index in [4.69, 9.17) is 9.47 Å². The average molecular weight is 376 g/mol. The minimum atomic E-state index is -0.886. The Balaban J connectivity index is 1.55. The molecule has 2 amide bonds. The summed E-state index contributed by atoms with van der Waals surface area (Å²) in [5.74, 6) is -1.83. The van der Waals surface area contributed by atoms with Crippen LogP contribution in [0.25, 0.3) is 0 Å². The maximum Gasteiger partial charge on any atom is 0.258 e. The first kappa shape index (κ1) is 18.6. The summed E-state index contributed by atoms with van der Waals surface area (Å²) in [6.07, 6.45) is 0.147. The molecule has 0 spiro atoms. The molecule has 0 saturated carbocycles. The van der Waals surface area contributed by atoms with E-state index in [1.54, 1.807) is 29.2 Å². The molecule has 6 nitrogen and oxygen atoms in total. The van der Waals surface area contributed by atoms with Crippen LogP contribution in [0.3, 0.4) is 0 Å². The number of carbonyl (C=O) groups is 2. The van der Waals surface area contributed by atoms with Crippen molar-refractivity contribution in [2.45, 2.75) is 12.5 Å². The Morgan fingerprint density at radius 2 is 2.07 bits per heavy atom. The van der Waals surface area contributed by atoms with Crippen molar-refractivity contribution in [1.29, 1.82) is 0 Å². The highest BCUT2D eigenvalue weighted by atomic mass is 19.1. The third-order valence-corrected chi connectivity index (χ3v) is 4.11. The highest BCUT2D eigenvalue weighted by molar-refractivity contribution is 5.97. The smallest absolute Gasteiger partial charge is 0.258 e. The lowest BCUT2D eigenvalue weighted by Gasteiger charge is -2.18. The van der Waals surface area contributed by atoms with Crippen molar-refractivity contribution < 1.29 is 27.8 Å². The quantitative estimate of drug-likeness (QED) is 0.840. The van der Waals surface area contributed by atoms with E-state index >= 15 is 0 Å². The zero-order valence-electron chi connectivity index (χ0n) is 14.6. The molecule has 1 fully saturated rings. The molecule has 1 heterocycles. The van der Waals surface area contributed by atoms with Crippen LogP contribution in [-0.4, -0.2) is 38.1 Å². The maximum absolute atomic E-state index is 13.5. The summed E-state index contributed by atoms with van der Waals surface area (Å²) < 4.78 is 36.6. The van der Waals surface area contributed by atoms with Gasteiger partial charge in [0.2, 0.25) is 5.91 Å². The number of anilines is 1. The Kier molecular flexibility index (Phi) is 5.54. The lowest BCUT2D eigenvalue weighted by Crippen LogP contribution is -2.39. The largest absolute Gasteiger partial charge is 0.497 e. The van der Waals surface area contributed by atoms with E-state index in [1.807, 2.05) is 0 Å². The first-order valence-corrected chi connectivity index (χ1v) is 8.28. The molecule has 142 valence electrons. The van der Waals surface area contributed by atoms with E-state index in [0.29, 0.717) is 24.0 Å². The van der Waals surface area contributed by atoms with Gasteiger partial charge in [0.1, 0.15) is 11.6 Å². The molecule has 2 aromatic rings. The van der Waals surface area contributed by atoms with Crippen molar-refractivity contribution in [3.8, 4) is 11.5 Å². The zero-order valence-corrected chi connectivity index (χ0v) is 14.6. The molecular weight excluding hydrogens is 358 g/mol. The predicted octanol–water partition coefficient (Wildman–Crippen LogP) is 2.27. The number of ether oxygens (including phenoxy) is 2. The number of benzene rings is 2. The highest BCUT2D eigenvalue weighted by Crippen LogP contribution is 2.25. The van der Waals surface area contributed by atoms with Crippen LogP contribution in [0.5, 0.6) is 11.5 Å². The lowest BCUT2D eigenvalue weighted by molar-refractivity contribution is -0.123. The van der Waals surface area contributed by atoms with Crippen molar-refractivity contribution in [2.75, 3.05) is 25.2 Å². The van der Waals surface area contributed by atoms with Crippen molar-refractivity contribution >= 4 is 17.5 Å². The normalized spacial score (nSPS) is 16.3. The predicted molar refractivity (Wildman–Crippen MR) is 93.7 cm³/mol. The van der Waals surface area contributed by atoms with E-state index < -0.39 is 30.2 Å². The molecule has 1 atom stereocenters. The second-order valence-corrected chi connectivity index (χ2v) is 6.04.